The summed E-state index contributed by atoms with van der Waals surface area (Å²) in [7, 11) is 0. The Morgan fingerprint density at radius 3 is 2.40 bits per heavy atom. The van der Waals surface area contributed by atoms with Gasteiger partial charge in [0.15, 0.2) is 0 Å². The molecule has 0 spiro atoms. The van der Waals surface area contributed by atoms with Gasteiger partial charge >= 0.3 is 11.4 Å². The third kappa shape index (κ3) is 4.31. The predicted molar refractivity (Wildman–Crippen MR) is 55.7 cm³/mol. The fourth-order valence-electron chi connectivity index (χ4n) is 0.958. The van der Waals surface area contributed by atoms with Crippen LogP contribution in [-0.2, 0) is 9.53 Å². The first kappa shape index (κ1) is 13.9. The molecule has 3 N–H and O–H groups in total. The van der Waals surface area contributed by atoms with E-state index in [2.05, 4.69) is 11.3 Å². The lowest BCUT2D eigenvalue weighted by Gasteiger charge is -1.99. The summed E-state index contributed by atoms with van der Waals surface area (Å²) in [5.74, 6) is -0.942. The third-order valence-electron chi connectivity index (χ3n) is 2.00. The molecule has 0 aliphatic heterocycles. The highest BCUT2D eigenvalue weighted by molar-refractivity contribution is 6.61. The van der Waals surface area contributed by atoms with E-state index in [0.717, 1.165) is 0 Å². The van der Waals surface area contributed by atoms with Gasteiger partial charge in [-0.15, -0.1) is 6.58 Å². The summed E-state index contributed by atoms with van der Waals surface area (Å²) in [6.07, 6.45) is 2.12. The van der Waals surface area contributed by atoms with E-state index in [0.29, 0.717) is 13.0 Å². The lowest BCUT2D eigenvalue weighted by Crippen LogP contribution is -2.34. The van der Waals surface area contributed by atoms with Crippen LogP contribution in [0.4, 0.5) is 4.79 Å². The van der Waals surface area contributed by atoms with E-state index < -0.39 is 16.9 Å². The van der Waals surface area contributed by atoms with Crippen LogP contribution in [0.2, 0.25) is 0 Å². The zero-order valence-corrected chi connectivity index (χ0v) is 9.16. The zero-order chi connectivity index (χ0) is 12.1. The Kier molecular flexibility index (Phi) is 5.32. The van der Waals surface area contributed by atoms with Gasteiger partial charge in [0, 0.05) is 17.5 Å². The topological polar surface area (TPSA) is 89.6 Å². The minimum Gasteiger partial charge on any atom is -0.480 e. The van der Waals surface area contributed by atoms with Gasteiger partial charge in [-0.05, 0) is 13.3 Å². The highest BCUT2D eigenvalue weighted by Gasteiger charge is 2.55. The Morgan fingerprint density at radius 2 is 2.33 bits per heavy atom. The summed E-state index contributed by atoms with van der Waals surface area (Å²) in [6.45, 7) is 5.50. The summed E-state index contributed by atoms with van der Waals surface area (Å²) in [6, 6.07) is 0. The minimum atomic E-state index is -0.984. The monoisotopic (exact) mass is 235 g/mol. The summed E-state index contributed by atoms with van der Waals surface area (Å²) in [5, 5.41) is 8.44. The van der Waals surface area contributed by atoms with Crippen molar-refractivity contribution in [2.45, 2.75) is 18.9 Å². The molecule has 1 unspecified atom stereocenters. The highest BCUT2D eigenvalue weighted by Crippen LogP contribution is 2.41. The Bertz CT molecular complexity index is 269. The molecule has 1 rings (SSSR count). The average Bonchev–Trinajstić information content (AvgIpc) is 2.79. The van der Waals surface area contributed by atoms with Gasteiger partial charge in [0.05, 0.1) is 6.61 Å². The quantitative estimate of drug-likeness (QED) is 0.569. The molecular weight excluding hydrogens is 222 g/mol. The molecule has 86 valence electrons. The van der Waals surface area contributed by atoms with Gasteiger partial charge in [0.25, 0.3) is 0 Å². The number of hydrogen-bond donors (Lipinski definition) is 2. The van der Waals surface area contributed by atoms with Crippen molar-refractivity contribution < 1.29 is 19.4 Å². The maximum absolute atomic E-state index is 10.3. The molecule has 15 heavy (non-hydrogen) atoms. The van der Waals surface area contributed by atoms with E-state index in [1.165, 1.54) is 0 Å². The zero-order valence-electron chi connectivity index (χ0n) is 8.40. The smallest absolute Gasteiger partial charge is 0.403 e. The minimum absolute atomic E-state index is 0.0185. The molecule has 0 aromatic heterocycles. The predicted octanol–water partition coefficient (Wildman–Crippen LogP) is 1.36. The summed E-state index contributed by atoms with van der Waals surface area (Å²) < 4.78 is 4.17. The fraction of sp³-hybridized carbons (Fsp3) is 0.556. The maximum Gasteiger partial charge on any atom is 0.403 e. The second-order valence-corrected chi connectivity index (χ2v) is 3.37. The van der Waals surface area contributed by atoms with E-state index in [-0.39, 0.29) is 5.92 Å². The first-order valence-electron chi connectivity index (χ1n) is 4.35. The van der Waals surface area contributed by atoms with Crippen LogP contribution in [-0.4, -0.2) is 28.7 Å². The number of carbonyl (C=O) groups is 2. The lowest BCUT2D eigenvalue weighted by molar-refractivity contribution is -0.139. The van der Waals surface area contributed by atoms with Crippen LogP contribution in [0.1, 0.15) is 13.3 Å². The number of carbonyl (C=O) groups excluding carboxylic acids is 1. The van der Waals surface area contributed by atoms with Crippen LogP contribution >= 0.6 is 11.6 Å². The van der Waals surface area contributed by atoms with Crippen molar-refractivity contribution in [3.05, 3.63) is 12.7 Å². The number of carboxylic acid groups (broad SMARTS) is 1. The molecule has 1 aliphatic carbocycles. The van der Waals surface area contributed by atoms with E-state index in [4.69, 9.17) is 22.4 Å². The summed E-state index contributed by atoms with van der Waals surface area (Å²) in [5.41, 5.74) is 3.65. The van der Waals surface area contributed by atoms with Crippen molar-refractivity contribution in [2.24, 2.45) is 11.7 Å². The van der Waals surface area contributed by atoms with Crippen LogP contribution < -0.4 is 5.73 Å². The second-order valence-electron chi connectivity index (χ2n) is 3.06. The van der Waals surface area contributed by atoms with Crippen LogP contribution in [0.5, 0.6) is 0 Å². The van der Waals surface area contributed by atoms with Crippen molar-refractivity contribution >= 4 is 23.0 Å². The largest absolute Gasteiger partial charge is 0.480 e. The first-order valence-corrected chi connectivity index (χ1v) is 4.73. The highest BCUT2D eigenvalue weighted by atomic mass is 35.5. The van der Waals surface area contributed by atoms with Gasteiger partial charge in [-0.1, -0.05) is 6.08 Å². The Labute approximate surface area is 92.8 Å². The number of ether oxygens (including phenoxy) is 1. The van der Waals surface area contributed by atoms with E-state index in [1.54, 1.807) is 13.0 Å². The van der Waals surface area contributed by atoms with E-state index >= 15 is 0 Å². The van der Waals surface area contributed by atoms with Crippen LogP contribution in [0.3, 0.4) is 0 Å². The SMILES string of the molecule is C=CC1C[C@]1(N)C(=O)O.CCOC(=O)Cl. The van der Waals surface area contributed by atoms with E-state index in [9.17, 15) is 9.59 Å². The molecule has 5 nitrogen and oxygen atoms in total. The van der Waals surface area contributed by atoms with Crippen molar-refractivity contribution in [1.82, 2.24) is 0 Å². The van der Waals surface area contributed by atoms with Crippen molar-refractivity contribution in [2.75, 3.05) is 6.61 Å². The molecule has 0 aromatic rings. The number of halogens is 1. The molecule has 0 radical (unpaired) electrons. The van der Waals surface area contributed by atoms with Crippen LogP contribution in [0.25, 0.3) is 0 Å². The molecular formula is C9H14ClNO4. The molecule has 0 heterocycles. The van der Waals surface area contributed by atoms with Gasteiger partial charge in [0.2, 0.25) is 0 Å². The molecule has 0 bridgehead atoms. The van der Waals surface area contributed by atoms with Crippen LogP contribution in [0.15, 0.2) is 12.7 Å². The van der Waals surface area contributed by atoms with Gasteiger partial charge in [0.1, 0.15) is 5.54 Å². The van der Waals surface area contributed by atoms with Crippen molar-refractivity contribution in [3.8, 4) is 0 Å². The fourth-order valence-corrected chi connectivity index (χ4v) is 1.07. The molecule has 1 saturated carbocycles. The average molecular weight is 236 g/mol. The summed E-state index contributed by atoms with van der Waals surface area (Å²) >= 11 is 4.72. The molecule has 6 heteroatoms. The van der Waals surface area contributed by atoms with Gasteiger partial charge < -0.3 is 15.6 Å². The standard InChI is InChI=1S/C6H9NO2.C3H5ClO2/c1-2-4-3-6(4,7)5(8)9;1-2-6-3(4)5/h2,4H,1,3,7H2,(H,8,9);2H2,1H3/t4?,6-;/m1./s1. The molecule has 2 atom stereocenters. The Balaban J connectivity index is 0.000000288. The normalized spacial score (nSPS) is 27.0. The maximum atomic E-state index is 10.3. The molecule has 0 saturated heterocycles. The number of rotatable bonds is 3. The number of nitrogens with two attached hydrogens (primary N) is 1. The number of hydrogen-bond acceptors (Lipinski definition) is 4. The Hall–Kier alpha value is -1.07. The lowest BCUT2D eigenvalue weighted by atomic mass is 10.2. The Morgan fingerprint density at radius 1 is 1.80 bits per heavy atom. The molecule has 0 amide bonds. The van der Waals surface area contributed by atoms with Gasteiger partial charge in [-0.3, -0.25) is 4.79 Å². The van der Waals surface area contributed by atoms with Crippen LogP contribution in [0, 0.1) is 5.92 Å². The number of carboxylic acids is 1. The molecule has 1 fully saturated rings. The second kappa shape index (κ2) is 5.72. The molecule has 0 aromatic carbocycles. The molecule has 1 aliphatic rings. The van der Waals surface area contributed by atoms with Gasteiger partial charge in [-0.2, -0.15) is 0 Å². The van der Waals surface area contributed by atoms with Gasteiger partial charge in [-0.25, -0.2) is 4.79 Å². The van der Waals surface area contributed by atoms with Crippen molar-refractivity contribution in [3.63, 3.8) is 0 Å². The van der Waals surface area contributed by atoms with Crippen molar-refractivity contribution in [1.29, 1.82) is 0 Å². The van der Waals surface area contributed by atoms with E-state index in [1.807, 2.05) is 0 Å². The number of aliphatic carboxylic acids is 1. The summed E-state index contributed by atoms with van der Waals surface area (Å²) in [4.78, 5) is 19.9. The third-order valence-corrected chi connectivity index (χ3v) is 2.11. The first-order chi connectivity index (χ1) is 6.88.